The average molecular weight is 316 g/mol. The number of halogens is 1. The van der Waals surface area contributed by atoms with Gasteiger partial charge in [0, 0.05) is 22.4 Å². The number of carbonyl (C=O) groups is 1. The van der Waals surface area contributed by atoms with Crippen LogP contribution in [0.2, 0.25) is 0 Å². The molecule has 2 aromatic carbocycles. The van der Waals surface area contributed by atoms with E-state index in [9.17, 15) is 9.18 Å². The van der Waals surface area contributed by atoms with Crippen molar-refractivity contribution in [3.8, 4) is 0 Å². The lowest BCUT2D eigenvalue weighted by Gasteiger charge is -2.32. The van der Waals surface area contributed by atoms with Crippen molar-refractivity contribution in [2.45, 2.75) is 24.0 Å². The Morgan fingerprint density at radius 1 is 1.32 bits per heavy atom. The van der Waals surface area contributed by atoms with Crippen LogP contribution in [0, 0.1) is 12.7 Å². The lowest BCUT2D eigenvalue weighted by Crippen LogP contribution is -2.41. The van der Waals surface area contributed by atoms with Crippen LogP contribution in [-0.2, 0) is 0 Å². The van der Waals surface area contributed by atoms with E-state index in [1.807, 2.05) is 24.3 Å². The molecule has 3 rings (SSSR count). The smallest absolute Gasteiger partial charge is 0.307 e. The van der Waals surface area contributed by atoms with Gasteiger partial charge in [0.25, 0.3) is 0 Å². The molecule has 1 N–H and O–H groups in total. The minimum Gasteiger partial charge on any atom is -0.307 e. The number of carbonyl (C=O) groups excluding carboxylic acids is 1. The van der Waals surface area contributed by atoms with Crippen molar-refractivity contribution in [2.75, 3.05) is 16.8 Å². The van der Waals surface area contributed by atoms with Gasteiger partial charge in [0.15, 0.2) is 0 Å². The minimum atomic E-state index is -0.319. The first-order valence-electron chi connectivity index (χ1n) is 7.15. The summed E-state index contributed by atoms with van der Waals surface area (Å²) in [6.07, 6.45) is 0. The first-order valence-corrected chi connectivity index (χ1v) is 8.03. The highest BCUT2D eigenvalue weighted by Crippen LogP contribution is 2.38. The Labute approximate surface area is 133 Å². The zero-order chi connectivity index (χ0) is 15.7. The van der Waals surface area contributed by atoms with Crippen molar-refractivity contribution in [1.29, 1.82) is 0 Å². The number of anilines is 2. The molecule has 1 aliphatic rings. The van der Waals surface area contributed by atoms with E-state index in [0.717, 1.165) is 10.6 Å². The maximum atomic E-state index is 13.6. The quantitative estimate of drug-likeness (QED) is 0.829. The van der Waals surface area contributed by atoms with Gasteiger partial charge in [0.2, 0.25) is 0 Å². The van der Waals surface area contributed by atoms with Crippen molar-refractivity contribution in [2.24, 2.45) is 0 Å². The number of amides is 2. The van der Waals surface area contributed by atoms with Gasteiger partial charge in [-0.1, -0.05) is 25.1 Å². The van der Waals surface area contributed by atoms with Crippen LogP contribution in [0.4, 0.5) is 20.6 Å². The highest BCUT2D eigenvalue weighted by molar-refractivity contribution is 8.00. The van der Waals surface area contributed by atoms with Gasteiger partial charge < -0.3 is 5.32 Å². The number of benzene rings is 2. The molecule has 5 heteroatoms. The predicted molar refractivity (Wildman–Crippen MR) is 89.3 cm³/mol. The summed E-state index contributed by atoms with van der Waals surface area (Å²) in [6, 6.07) is 12.3. The van der Waals surface area contributed by atoms with E-state index in [0.29, 0.717) is 23.0 Å². The molecule has 0 aliphatic carbocycles. The number of aryl methyl sites for hydroxylation is 1. The number of hydrogen-bond acceptors (Lipinski definition) is 2. The molecule has 2 amide bonds. The fourth-order valence-corrected chi connectivity index (χ4v) is 3.56. The Bertz CT molecular complexity index is 720. The van der Waals surface area contributed by atoms with Crippen molar-refractivity contribution in [3.05, 3.63) is 53.8 Å². The van der Waals surface area contributed by atoms with Gasteiger partial charge in [-0.3, -0.25) is 4.90 Å². The molecular weight excluding hydrogens is 299 g/mol. The summed E-state index contributed by atoms with van der Waals surface area (Å²) in [4.78, 5) is 15.4. The molecule has 0 saturated heterocycles. The second-order valence-corrected chi connectivity index (χ2v) is 6.88. The summed E-state index contributed by atoms with van der Waals surface area (Å²) in [5, 5.41) is 3.09. The maximum Gasteiger partial charge on any atom is 0.326 e. The number of para-hydroxylation sites is 1. The Balaban J connectivity index is 1.84. The molecule has 114 valence electrons. The zero-order valence-corrected chi connectivity index (χ0v) is 13.3. The molecule has 0 aromatic heterocycles. The van der Waals surface area contributed by atoms with Crippen LogP contribution in [0.15, 0.2) is 47.4 Å². The van der Waals surface area contributed by atoms with Crippen LogP contribution < -0.4 is 10.2 Å². The summed E-state index contributed by atoms with van der Waals surface area (Å²) in [7, 11) is 0. The lowest BCUT2D eigenvalue weighted by molar-refractivity contribution is 0.256. The molecule has 0 radical (unpaired) electrons. The molecule has 1 atom stereocenters. The number of thioether (sulfide) groups is 1. The van der Waals surface area contributed by atoms with E-state index in [4.69, 9.17) is 0 Å². The lowest BCUT2D eigenvalue weighted by atomic mass is 10.2. The SMILES string of the molecule is Cc1ccc(NC(=O)N2CC(C)Sc3ccccc32)cc1F. The maximum absolute atomic E-state index is 13.6. The first-order chi connectivity index (χ1) is 10.5. The molecule has 2 aromatic rings. The van der Waals surface area contributed by atoms with Gasteiger partial charge in [-0.25, -0.2) is 9.18 Å². The molecule has 3 nitrogen and oxygen atoms in total. The topological polar surface area (TPSA) is 32.3 Å². The Morgan fingerprint density at radius 3 is 2.86 bits per heavy atom. The van der Waals surface area contributed by atoms with E-state index in [1.165, 1.54) is 6.07 Å². The van der Waals surface area contributed by atoms with Crippen molar-refractivity contribution < 1.29 is 9.18 Å². The van der Waals surface area contributed by atoms with Crippen LogP contribution in [0.5, 0.6) is 0 Å². The summed E-state index contributed by atoms with van der Waals surface area (Å²) < 4.78 is 13.6. The fraction of sp³-hybridized carbons (Fsp3) is 0.235. The second kappa shape index (κ2) is 6.01. The second-order valence-electron chi connectivity index (χ2n) is 5.40. The number of rotatable bonds is 1. The average Bonchev–Trinajstić information content (AvgIpc) is 2.50. The molecule has 0 bridgehead atoms. The van der Waals surface area contributed by atoms with Crippen LogP contribution in [-0.4, -0.2) is 17.8 Å². The minimum absolute atomic E-state index is 0.233. The van der Waals surface area contributed by atoms with Crippen molar-refractivity contribution >= 4 is 29.2 Å². The molecule has 22 heavy (non-hydrogen) atoms. The molecule has 0 fully saturated rings. The largest absolute Gasteiger partial charge is 0.326 e. The first kappa shape index (κ1) is 14.9. The third-order valence-corrected chi connectivity index (χ3v) is 4.74. The normalized spacial score (nSPS) is 17.0. The van der Waals surface area contributed by atoms with Crippen LogP contribution in [0.1, 0.15) is 12.5 Å². The summed E-state index contributed by atoms with van der Waals surface area (Å²) >= 11 is 1.76. The number of nitrogens with zero attached hydrogens (tertiary/aromatic N) is 1. The van der Waals surface area contributed by atoms with E-state index in [2.05, 4.69) is 12.2 Å². The Kier molecular flexibility index (Phi) is 4.07. The molecule has 1 aliphatic heterocycles. The van der Waals surface area contributed by atoms with Crippen molar-refractivity contribution in [1.82, 2.24) is 0 Å². The van der Waals surface area contributed by atoms with Crippen LogP contribution >= 0.6 is 11.8 Å². The highest BCUT2D eigenvalue weighted by atomic mass is 32.2. The van der Waals surface area contributed by atoms with Gasteiger partial charge >= 0.3 is 6.03 Å². The number of nitrogens with one attached hydrogen (secondary N) is 1. The molecule has 0 saturated carbocycles. The Morgan fingerprint density at radius 2 is 2.09 bits per heavy atom. The van der Waals surface area contributed by atoms with E-state index in [-0.39, 0.29) is 11.8 Å². The zero-order valence-electron chi connectivity index (χ0n) is 12.5. The summed E-state index contributed by atoms with van der Waals surface area (Å²) in [5.41, 5.74) is 1.93. The van der Waals surface area contributed by atoms with Crippen molar-refractivity contribution in [3.63, 3.8) is 0 Å². The predicted octanol–water partition coefficient (Wildman–Crippen LogP) is 4.67. The summed E-state index contributed by atoms with van der Waals surface area (Å²) in [5.74, 6) is -0.319. The third-order valence-electron chi connectivity index (χ3n) is 3.59. The third kappa shape index (κ3) is 2.95. The van der Waals surface area contributed by atoms with E-state index in [1.54, 1.807) is 35.7 Å². The van der Waals surface area contributed by atoms with Gasteiger partial charge in [-0.05, 0) is 36.8 Å². The van der Waals surface area contributed by atoms with E-state index >= 15 is 0 Å². The molecule has 1 heterocycles. The summed E-state index contributed by atoms with van der Waals surface area (Å²) in [6.45, 7) is 4.41. The van der Waals surface area contributed by atoms with Gasteiger partial charge in [-0.2, -0.15) is 0 Å². The van der Waals surface area contributed by atoms with Gasteiger partial charge in [0.05, 0.1) is 5.69 Å². The molecule has 0 spiro atoms. The van der Waals surface area contributed by atoms with Crippen LogP contribution in [0.25, 0.3) is 0 Å². The van der Waals surface area contributed by atoms with Gasteiger partial charge in [0.1, 0.15) is 5.82 Å². The highest BCUT2D eigenvalue weighted by Gasteiger charge is 2.26. The standard InChI is InChI=1S/C17H17FN2OS/c1-11-7-8-13(9-14(11)18)19-17(21)20-10-12(2)22-16-6-4-3-5-15(16)20/h3-9,12H,10H2,1-2H3,(H,19,21). The number of fused-ring (bicyclic) bond motifs is 1. The monoisotopic (exact) mass is 316 g/mol. The fourth-order valence-electron chi connectivity index (χ4n) is 2.44. The van der Waals surface area contributed by atoms with Crippen LogP contribution in [0.3, 0.4) is 0 Å². The number of hydrogen-bond donors (Lipinski definition) is 1. The molecular formula is C17H17FN2OS. The van der Waals surface area contributed by atoms with Gasteiger partial charge in [-0.15, -0.1) is 11.8 Å². The number of urea groups is 1. The molecule has 1 unspecified atom stereocenters. The van der Waals surface area contributed by atoms with E-state index < -0.39 is 0 Å². The Hall–Kier alpha value is -2.01.